The Bertz CT molecular complexity index is 372. The van der Waals surface area contributed by atoms with Crippen LogP contribution in [-0.2, 0) is 17.8 Å². The number of aliphatic hydroxyl groups is 1. The summed E-state index contributed by atoms with van der Waals surface area (Å²) in [5.41, 5.74) is 0. The largest absolute Gasteiger partial charge is 0.396 e. The summed E-state index contributed by atoms with van der Waals surface area (Å²) < 4.78 is 7.77. The molecule has 6 nitrogen and oxygen atoms in total. The molecule has 0 radical (unpaired) electrons. The van der Waals surface area contributed by atoms with Gasteiger partial charge in [0.2, 0.25) is 0 Å². The number of hydrogen-bond donors (Lipinski definition) is 2. The predicted molar refractivity (Wildman–Crippen MR) is 76.8 cm³/mol. The van der Waals surface area contributed by atoms with E-state index in [2.05, 4.69) is 20.1 Å². The first kappa shape index (κ1) is 16.7. The second-order valence-electron chi connectivity index (χ2n) is 4.25. The summed E-state index contributed by atoms with van der Waals surface area (Å²) in [6.07, 6.45) is 2.50. The first-order chi connectivity index (χ1) is 8.85. The molecule has 2 rings (SSSR count). The summed E-state index contributed by atoms with van der Waals surface area (Å²) in [7, 11) is 1.89. The average Bonchev–Trinajstić information content (AvgIpc) is 3.00. The van der Waals surface area contributed by atoms with E-state index in [-0.39, 0.29) is 25.1 Å². The summed E-state index contributed by atoms with van der Waals surface area (Å²) in [5.74, 6) is 1.57. The van der Waals surface area contributed by atoms with E-state index in [0.29, 0.717) is 12.3 Å². The van der Waals surface area contributed by atoms with E-state index >= 15 is 0 Å². The zero-order valence-corrected chi connectivity index (χ0v) is 12.7. The van der Waals surface area contributed by atoms with Crippen molar-refractivity contribution < 1.29 is 9.84 Å². The lowest BCUT2D eigenvalue weighted by Gasteiger charge is -2.14. The normalized spacial score (nSPS) is 18.5. The molecule has 0 aliphatic carbocycles. The summed E-state index contributed by atoms with van der Waals surface area (Å²) in [4.78, 5) is 0. The van der Waals surface area contributed by atoms with E-state index in [9.17, 15) is 0 Å². The van der Waals surface area contributed by atoms with Gasteiger partial charge in [-0.1, -0.05) is 11.8 Å². The number of rotatable bonds is 7. The van der Waals surface area contributed by atoms with Crippen molar-refractivity contribution in [3.8, 4) is 0 Å². The average molecular weight is 309 g/mol. The van der Waals surface area contributed by atoms with Crippen LogP contribution in [0.2, 0.25) is 0 Å². The molecule has 1 aromatic rings. The highest BCUT2D eigenvalue weighted by Gasteiger charge is 2.20. The van der Waals surface area contributed by atoms with Crippen LogP contribution in [0.3, 0.4) is 0 Å². The summed E-state index contributed by atoms with van der Waals surface area (Å²) in [6.45, 7) is 2.50. The van der Waals surface area contributed by atoms with Crippen LogP contribution in [0, 0.1) is 0 Å². The van der Waals surface area contributed by atoms with E-state index in [0.717, 1.165) is 37.0 Å². The third-order valence-corrected chi connectivity index (χ3v) is 3.81. The minimum Gasteiger partial charge on any atom is -0.396 e. The molecule has 0 aromatic carbocycles. The van der Waals surface area contributed by atoms with Crippen LogP contribution in [0.1, 0.15) is 18.7 Å². The molecular weight excluding hydrogens is 288 g/mol. The van der Waals surface area contributed by atoms with Crippen LogP contribution in [0.25, 0.3) is 0 Å². The highest BCUT2D eigenvalue weighted by atomic mass is 35.5. The van der Waals surface area contributed by atoms with Crippen LogP contribution in [0.4, 0.5) is 0 Å². The molecule has 8 heteroatoms. The lowest BCUT2D eigenvalue weighted by molar-refractivity contribution is 0.0941. The third kappa shape index (κ3) is 4.61. The fourth-order valence-corrected chi connectivity index (χ4v) is 2.74. The van der Waals surface area contributed by atoms with Crippen molar-refractivity contribution in [1.82, 2.24) is 20.1 Å². The van der Waals surface area contributed by atoms with Crippen molar-refractivity contribution >= 4 is 24.2 Å². The molecule has 2 heterocycles. The second kappa shape index (κ2) is 8.76. The standard InChI is InChI=1S/C11H20N4O2S.ClH/c1-12-7-10-13-14-11(18-6-4-16)15(10)8-9-3-2-5-17-9;/h9,12,16H,2-8H2,1H3;1H. The van der Waals surface area contributed by atoms with Gasteiger partial charge in [0.25, 0.3) is 0 Å². The number of ether oxygens (including phenoxy) is 1. The van der Waals surface area contributed by atoms with E-state index in [1.54, 1.807) is 0 Å². The molecule has 2 N–H and O–H groups in total. The maximum Gasteiger partial charge on any atom is 0.191 e. The van der Waals surface area contributed by atoms with Crippen molar-refractivity contribution in [2.75, 3.05) is 26.0 Å². The van der Waals surface area contributed by atoms with E-state index < -0.39 is 0 Å². The molecule has 1 aliphatic heterocycles. The SMILES string of the molecule is CNCc1nnc(SCCO)n1CC1CCCO1.Cl. The number of thioether (sulfide) groups is 1. The lowest BCUT2D eigenvalue weighted by Crippen LogP contribution is -2.20. The maximum atomic E-state index is 8.90. The summed E-state index contributed by atoms with van der Waals surface area (Å²) >= 11 is 1.53. The predicted octanol–water partition coefficient (Wildman–Crippen LogP) is 0.683. The van der Waals surface area contributed by atoms with Gasteiger partial charge in [-0.3, -0.25) is 0 Å². The van der Waals surface area contributed by atoms with Crippen LogP contribution in [0.15, 0.2) is 5.16 Å². The van der Waals surface area contributed by atoms with Gasteiger partial charge in [-0.2, -0.15) is 0 Å². The molecule has 19 heavy (non-hydrogen) atoms. The van der Waals surface area contributed by atoms with E-state index in [1.165, 1.54) is 11.8 Å². The van der Waals surface area contributed by atoms with Crippen LogP contribution < -0.4 is 5.32 Å². The quantitative estimate of drug-likeness (QED) is 0.722. The number of nitrogens with zero attached hydrogens (tertiary/aromatic N) is 3. The van der Waals surface area contributed by atoms with Crippen LogP contribution in [0.5, 0.6) is 0 Å². The van der Waals surface area contributed by atoms with E-state index in [1.807, 2.05) is 7.05 Å². The van der Waals surface area contributed by atoms with Gasteiger partial charge in [0.15, 0.2) is 5.16 Å². The molecular formula is C11H21ClN4O2S. The first-order valence-corrected chi connectivity index (χ1v) is 7.25. The minimum absolute atomic E-state index is 0. The molecule has 0 saturated carbocycles. The van der Waals surface area contributed by atoms with Crippen molar-refractivity contribution in [3.63, 3.8) is 0 Å². The highest BCUT2D eigenvalue weighted by Crippen LogP contribution is 2.21. The van der Waals surface area contributed by atoms with Gasteiger partial charge in [0.05, 0.1) is 25.8 Å². The van der Waals surface area contributed by atoms with Gasteiger partial charge in [-0.15, -0.1) is 22.6 Å². The van der Waals surface area contributed by atoms with Gasteiger partial charge in [0, 0.05) is 12.4 Å². The Kier molecular flexibility index (Phi) is 7.70. The monoisotopic (exact) mass is 308 g/mol. The van der Waals surface area contributed by atoms with E-state index in [4.69, 9.17) is 9.84 Å². The van der Waals surface area contributed by atoms with Gasteiger partial charge < -0.3 is 19.7 Å². The highest BCUT2D eigenvalue weighted by molar-refractivity contribution is 7.99. The van der Waals surface area contributed by atoms with Crippen molar-refractivity contribution in [1.29, 1.82) is 0 Å². The molecule has 1 unspecified atom stereocenters. The Labute approximate surface area is 123 Å². The fourth-order valence-electron chi connectivity index (χ4n) is 2.03. The molecule has 1 aromatic heterocycles. The van der Waals surface area contributed by atoms with Crippen molar-refractivity contribution in [3.05, 3.63) is 5.82 Å². The molecule has 0 spiro atoms. The molecule has 1 fully saturated rings. The number of aliphatic hydroxyl groups excluding tert-OH is 1. The third-order valence-electron chi connectivity index (χ3n) is 2.86. The molecule has 110 valence electrons. The minimum atomic E-state index is 0. The van der Waals surface area contributed by atoms with Crippen LogP contribution >= 0.6 is 24.2 Å². The second-order valence-corrected chi connectivity index (χ2v) is 5.31. The van der Waals surface area contributed by atoms with Crippen LogP contribution in [-0.4, -0.2) is 52.0 Å². The number of halogens is 1. The fraction of sp³-hybridized carbons (Fsp3) is 0.818. The Morgan fingerprint density at radius 2 is 2.37 bits per heavy atom. The van der Waals surface area contributed by atoms with Gasteiger partial charge in [0.1, 0.15) is 5.82 Å². The molecule has 0 amide bonds. The summed E-state index contributed by atoms with van der Waals surface area (Å²) in [6, 6.07) is 0. The Morgan fingerprint density at radius 3 is 3.00 bits per heavy atom. The topological polar surface area (TPSA) is 72.2 Å². The molecule has 1 aliphatic rings. The van der Waals surface area contributed by atoms with Crippen molar-refractivity contribution in [2.45, 2.75) is 37.2 Å². The van der Waals surface area contributed by atoms with Crippen molar-refractivity contribution in [2.24, 2.45) is 0 Å². The maximum absolute atomic E-state index is 8.90. The van der Waals surface area contributed by atoms with Gasteiger partial charge in [-0.05, 0) is 19.9 Å². The Morgan fingerprint density at radius 1 is 1.53 bits per heavy atom. The zero-order valence-electron chi connectivity index (χ0n) is 11.0. The first-order valence-electron chi connectivity index (χ1n) is 6.27. The smallest absolute Gasteiger partial charge is 0.191 e. The van der Waals surface area contributed by atoms with Gasteiger partial charge >= 0.3 is 0 Å². The Hall–Kier alpha value is -0.340. The number of aromatic nitrogens is 3. The number of nitrogens with one attached hydrogen (secondary N) is 1. The number of hydrogen-bond acceptors (Lipinski definition) is 6. The lowest BCUT2D eigenvalue weighted by atomic mass is 10.2. The summed E-state index contributed by atoms with van der Waals surface area (Å²) in [5, 5.41) is 21.2. The molecule has 0 bridgehead atoms. The Balaban J connectivity index is 0.00000180. The van der Waals surface area contributed by atoms with Gasteiger partial charge in [-0.25, -0.2) is 0 Å². The molecule has 1 atom stereocenters. The zero-order chi connectivity index (χ0) is 12.8. The molecule has 1 saturated heterocycles.